The highest BCUT2D eigenvalue weighted by Crippen LogP contribution is 2.12. The summed E-state index contributed by atoms with van der Waals surface area (Å²) in [5.41, 5.74) is 1.61. The average Bonchev–Trinajstić information content (AvgIpc) is 2.67. The van der Waals surface area contributed by atoms with Gasteiger partial charge >= 0.3 is 11.9 Å². The van der Waals surface area contributed by atoms with E-state index in [-0.39, 0.29) is 6.42 Å². The monoisotopic (exact) mass is 357 g/mol. The van der Waals surface area contributed by atoms with E-state index in [4.69, 9.17) is 9.47 Å². The molecule has 1 N–H and O–H groups in total. The van der Waals surface area contributed by atoms with Crippen LogP contribution in [0.1, 0.15) is 15.9 Å². The highest BCUT2D eigenvalue weighted by Gasteiger charge is 2.10. The maximum Gasteiger partial charge on any atom is 0.337 e. The van der Waals surface area contributed by atoms with Crippen molar-refractivity contribution < 1.29 is 28.6 Å². The van der Waals surface area contributed by atoms with Crippen LogP contribution in [0.15, 0.2) is 48.5 Å². The molecule has 0 aliphatic carbocycles. The van der Waals surface area contributed by atoms with Crippen LogP contribution in [0.5, 0.6) is 5.75 Å². The molecule has 0 unspecified atom stereocenters. The molecule has 2 rings (SSSR count). The molecular weight excluding hydrogens is 338 g/mol. The molecule has 0 atom stereocenters. The predicted octanol–water partition coefficient (Wildman–Crippen LogP) is 2.21. The molecule has 7 nitrogen and oxygen atoms in total. The lowest BCUT2D eigenvalue weighted by molar-refractivity contribution is -0.146. The number of amides is 1. The van der Waals surface area contributed by atoms with Crippen LogP contribution in [0.3, 0.4) is 0 Å². The number of methoxy groups -OCH3 is 2. The molecule has 0 bridgehead atoms. The van der Waals surface area contributed by atoms with Crippen molar-refractivity contribution in [3.63, 3.8) is 0 Å². The normalized spacial score (nSPS) is 9.92. The van der Waals surface area contributed by atoms with Gasteiger partial charge in [0.15, 0.2) is 6.61 Å². The van der Waals surface area contributed by atoms with Crippen LogP contribution in [-0.2, 0) is 25.5 Å². The third-order valence-electron chi connectivity index (χ3n) is 3.46. The highest BCUT2D eigenvalue weighted by atomic mass is 16.5. The van der Waals surface area contributed by atoms with Gasteiger partial charge in [-0.1, -0.05) is 12.1 Å². The molecule has 0 saturated heterocycles. The Kier molecular flexibility index (Phi) is 6.73. The van der Waals surface area contributed by atoms with Crippen LogP contribution >= 0.6 is 0 Å². The van der Waals surface area contributed by atoms with E-state index in [0.717, 1.165) is 5.56 Å². The topological polar surface area (TPSA) is 90.9 Å². The zero-order valence-electron chi connectivity index (χ0n) is 14.5. The number of benzene rings is 2. The Morgan fingerprint density at radius 2 is 1.58 bits per heavy atom. The molecule has 0 radical (unpaired) electrons. The van der Waals surface area contributed by atoms with Crippen LogP contribution in [0.2, 0.25) is 0 Å². The molecule has 136 valence electrons. The number of anilines is 1. The standard InChI is InChI=1S/C19H19NO6/c1-24-16-9-3-13(4-10-16)11-18(22)26-12-17(21)20-15-7-5-14(6-8-15)19(23)25-2/h3-10H,11-12H2,1-2H3,(H,20,21). The van der Waals surface area contributed by atoms with Crippen molar-refractivity contribution in [2.24, 2.45) is 0 Å². The second-order valence-corrected chi connectivity index (χ2v) is 5.30. The number of hydrogen-bond acceptors (Lipinski definition) is 6. The maximum atomic E-state index is 11.8. The molecule has 0 fully saturated rings. The van der Waals surface area contributed by atoms with Crippen molar-refractivity contribution in [2.45, 2.75) is 6.42 Å². The molecule has 1 amide bonds. The van der Waals surface area contributed by atoms with Crippen LogP contribution in [0, 0.1) is 0 Å². The Hall–Kier alpha value is -3.35. The first-order chi connectivity index (χ1) is 12.5. The molecule has 2 aromatic carbocycles. The molecule has 0 spiro atoms. The van der Waals surface area contributed by atoms with E-state index in [0.29, 0.717) is 17.0 Å². The number of esters is 2. The predicted molar refractivity (Wildman–Crippen MR) is 94.1 cm³/mol. The minimum Gasteiger partial charge on any atom is -0.497 e. The fourth-order valence-corrected chi connectivity index (χ4v) is 2.11. The van der Waals surface area contributed by atoms with E-state index in [1.165, 1.54) is 19.2 Å². The molecular formula is C19H19NO6. The second-order valence-electron chi connectivity index (χ2n) is 5.30. The molecule has 7 heteroatoms. The first-order valence-electron chi connectivity index (χ1n) is 7.78. The molecule has 0 saturated carbocycles. The van der Waals surface area contributed by atoms with Gasteiger partial charge in [0.05, 0.1) is 26.2 Å². The number of hydrogen-bond donors (Lipinski definition) is 1. The lowest BCUT2D eigenvalue weighted by Crippen LogP contribution is -2.21. The van der Waals surface area contributed by atoms with E-state index in [1.807, 2.05) is 0 Å². The third-order valence-corrected chi connectivity index (χ3v) is 3.46. The van der Waals surface area contributed by atoms with Crippen molar-refractivity contribution in [2.75, 3.05) is 26.1 Å². The van der Waals surface area contributed by atoms with Crippen molar-refractivity contribution in [1.82, 2.24) is 0 Å². The zero-order valence-corrected chi connectivity index (χ0v) is 14.5. The number of ether oxygens (including phenoxy) is 3. The Bertz CT molecular complexity index is 768. The first-order valence-corrected chi connectivity index (χ1v) is 7.78. The third kappa shape index (κ3) is 5.62. The highest BCUT2D eigenvalue weighted by molar-refractivity contribution is 5.94. The van der Waals surface area contributed by atoms with Gasteiger partial charge in [-0.25, -0.2) is 4.79 Å². The Morgan fingerprint density at radius 3 is 2.15 bits per heavy atom. The van der Waals surface area contributed by atoms with Crippen LogP contribution < -0.4 is 10.1 Å². The fraction of sp³-hybridized carbons (Fsp3) is 0.211. The average molecular weight is 357 g/mol. The minimum absolute atomic E-state index is 0.0606. The summed E-state index contributed by atoms with van der Waals surface area (Å²) in [6, 6.07) is 13.2. The van der Waals surface area contributed by atoms with Gasteiger partial charge in [-0.05, 0) is 42.0 Å². The van der Waals surface area contributed by atoms with Crippen LogP contribution in [0.25, 0.3) is 0 Å². The van der Waals surface area contributed by atoms with Gasteiger partial charge in [0.25, 0.3) is 5.91 Å². The van der Waals surface area contributed by atoms with Crippen LogP contribution in [-0.4, -0.2) is 38.7 Å². The number of carbonyl (C=O) groups is 3. The van der Waals surface area contributed by atoms with E-state index in [2.05, 4.69) is 10.1 Å². The van der Waals surface area contributed by atoms with Crippen LogP contribution in [0.4, 0.5) is 5.69 Å². The van der Waals surface area contributed by atoms with Gasteiger partial charge in [0, 0.05) is 5.69 Å². The van der Waals surface area contributed by atoms with Gasteiger partial charge in [0.1, 0.15) is 5.75 Å². The number of rotatable bonds is 7. The maximum absolute atomic E-state index is 11.8. The Balaban J connectivity index is 1.78. The van der Waals surface area contributed by atoms with Crippen molar-refractivity contribution in [3.8, 4) is 5.75 Å². The quantitative estimate of drug-likeness (QED) is 0.764. The molecule has 0 aliphatic rings. The van der Waals surface area contributed by atoms with E-state index in [9.17, 15) is 14.4 Å². The van der Waals surface area contributed by atoms with Crippen molar-refractivity contribution >= 4 is 23.5 Å². The van der Waals surface area contributed by atoms with E-state index in [1.54, 1.807) is 43.5 Å². The first kappa shape index (κ1) is 19.0. The van der Waals surface area contributed by atoms with Gasteiger partial charge in [-0.15, -0.1) is 0 Å². The van der Waals surface area contributed by atoms with E-state index < -0.39 is 24.5 Å². The Morgan fingerprint density at radius 1 is 0.923 bits per heavy atom. The summed E-state index contributed by atoms with van der Waals surface area (Å²) in [4.78, 5) is 35.0. The number of carbonyl (C=O) groups excluding carboxylic acids is 3. The van der Waals surface area contributed by atoms with Crippen molar-refractivity contribution in [1.29, 1.82) is 0 Å². The summed E-state index contributed by atoms with van der Waals surface area (Å²) in [5, 5.41) is 2.58. The number of nitrogens with one attached hydrogen (secondary N) is 1. The summed E-state index contributed by atoms with van der Waals surface area (Å²) in [6.45, 7) is -0.395. The largest absolute Gasteiger partial charge is 0.497 e. The summed E-state index contributed by atoms with van der Waals surface area (Å²) >= 11 is 0. The molecule has 0 heterocycles. The smallest absolute Gasteiger partial charge is 0.337 e. The van der Waals surface area contributed by atoms with Gasteiger partial charge < -0.3 is 19.5 Å². The lowest BCUT2D eigenvalue weighted by Gasteiger charge is -2.08. The minimum atomic E-state index is -0.508. The van der Waals surface area contributed by atoms with Gasteiger partial charge in [-0.2, -0.15) is 0 Å². The second kappa shape index (κ2) is 9.22. The van der Waals surface area contributed by atoms with Gasteiger partial charge in [-0.3, -0.25) is 9.59 Å². The summed E-state index contributed by atoms with van der Waals surface area (Å²) in [7, 11) is 2.85. The zero-order chi connectivity index (χ0) is 18.9. The SMILES string of the molecule is COC(=O)c1ccc(NC(=O)COC(=O)Cc2ccc(OC)cc2)cc1. The summed E-state index contributed by atoms with van der Waals surface area (Å²) in [5.74, 6) is -0.750. The lowest BCUT2D eigenvalue weighted by atomic mass is 10.1. The Labute approximate surface area is 150 Å². The van der Waals surface area contributed by atoms with Crippen molar-refractivity contribution in [3.05, 3.63) is 59.7 Å². The summed E-state index contributed by atoms with van der Waals surface area (Å²) in [6.07, 6.45) is 0.0606. The van der Waals surface area contributed by atoms with Gasteiger partial charge in [0.2, 0.25) is 0 Å². The summed E-state index contributed by atoms with van der Waals surface area (Å²) < 4.78 is 14.6. The molecule has 26 heavy (non-hydrogen) atoms. The molecule has 0 aromatic heterocycles. The molecule has 0 aliphatic heterocycles. The van der Waals surface area contributed by atoms with E-state index >= 15 is 0 Å². The fourth-order valence-electron chi connectivity index (χ4n) is 2.11. The molecule has 2 aromatic rings.